The van der Waals surface area contributed by atoms with E-state index in [9.17, 15) is 4.79 Å². The Morgan fingerprint density at radius 2 is 1.86 bits per heavy atom. The first-order valence-electron chi connectivity index (χ1n) is 12.5. The molecular weight excluding hydrogens is 432 g/mol. The maximum atomic E-state index is 13.4. The summed E-state index contributed by atoms with van der Waals surface area (Å²) >= 11 is 0. The Bertz CT molecular complexity index is 1410. The van der Waals surface area contributed by atoms with Crippen LogP contribution in [-0.2, 0) is 17.6 Å². The summed E-state index contributed by atoms with van der Waals surface area (Å²) in [6.45, 7) is 1.76. The summed E-state index contributed by atoms with van der Waals surface area (Å²) in [6, 6.07) is 19.0. The van der Waals surface area contributed by atoms with Gasteiger partial charge in [0.1, 0.15) is 5.78 Å². The number of aromatic amines is 1. The highest BCUT2D eigenvalue weighted by atomic mass is 16.1. The molecule has 1 aromatic heterocycles. The first kappa shape index (κ1) is 21.8. The van der Waals surface area contributed by atoms with Gasteiger partial charge in [0.05, 0.1) is 23.5 Å². The molecule has 2 aliphatic carbocycles. The highest BCUT2D eigenvalue weighted by Crippen LogP contribution is 2.52. The van der Waals surface area contributed by atoms with Crippen molar-refractivity contribution in [1.82, 2.24) is 15.3 Å². The molecule has 2 heterocycles. The van der Waals surface area contributed by atoms with E-state index in [-0.39, 0.29) is 29.6 Å². The second-order valence-corrected chi connectivity index (χ2v) is 10.1. The number of Topliss-reactive ketones (excluding diaryl/α,β-unsaturated/α-hetero) is 1. The van der Waals surface area contributed by atoms with E-state index < -0.39 is 5.41 Å². The number of aromatic nitrogens is 2. The second-order valence-electron chi connectivity index (χ2n) is 10.1. The van der Waals surface area contributed by atoms with Crippen LogP contribution in [0.15, 0.2) is 84.5 Å². The van der Waals surface area contributed by atoms with Crippen LogP contribution in [0.25, 0.3) is 12.2 Å². The minimum Gasteiger partial charge on any atom is -0.385 e. The van der Waals surface area contributed by atoms with Crippen LogP contribution >= 0.6 is 0 Å². The topological polar surface area (TPSA) is 70.1 Å². The largest absolute Gasteiger partial charge is 0.385 e. The van der Waals surface area contributed by atoms with Crippen LogP contribution in [0, 0.1) is 23.2 Å². The van der Waals surface area contributed by atoms with Gasteiger partial charge < -0.3 is 10.3 Å². The molecule has 1 spiro atoms. The number of benzene rings is 2. The number of ketones is 1. The monoisotopic (exact) mass is 462 g/mol. The number of hydrogen-bond acceptors (Lipinski definition) is 4. The summed E-state index contributed by atoms with van der Waals surface area (Å²) in [6.07, 6.45) is 14.8. The van der Waals surface area contributed by atoms with Crippen molar-refractivity contribution in [2.75, 3.05) is 0 Å². The van der Waals surface area contributed by atoms with E-state index in [0.29, 0.717) is 0 Å². The molecule has 2 N–H and O–H groups in total. The van der Waals surface area contributed by atoms with Gasteiger partial charge in [-0.15, -0.1) is 0 Å². The minimum atomic E-state index is -0.410. The van der Waals surface area contributed by atoms with E-state index in [1.54, 1.807) is 13.3 Å². The average Bonchev–Trinajstić information content (AvgIpc) is 3.30. The number of rotatable bonds is 5. The molecule has 5 heteroatoms. The molecule has 0 saturated heterocycles. The zero-order valence-corrected chi connectivity index (χ0v) is 19.9. The lowest BCUT2D eigenvalue weighted by Gasteiger charge is -2.54. The lowest BCUT2D eigenvalue weighted by atomic mass is 9.51. The summed E-state index contributed by atoms with van der Waals surface area (Å²) in [5.41, 5.74) is 3.03. The molecule has 176 valence electrons. The number of carbonyl (C=O) groups excluding carboxylic acids is 1. The number of nitrogens with one attached hydrogen (secondary N) is 2. The molecule has 0 amide bonds. The van der Waals surface area contributed by atoms with Crippen LogP contribution in [0.3, 0.4) is 0 Å². The molecule has 3 aromatic rings. The van der Waals surface area contributed by atoms with Crippen molar-refractivity contribution in [2.45, 2.75) is 32.2 Å². The lowest BCUT2D eigenvalue weighted by Crippen LogP contribution is -2.63. The standard InChI is InChI=1S/C30H30N4O/c1-20(35)28-24(13-21-7-3-2-4-8-21)14-25(16-26-18-31-19-34-26)30-17-23-10-6-5-9-22(23)15-27(30)32-11-12-33-29(28)30/h2-12,15,17-19,24-25,28-29,33H,13-14,16H2,1H3,(H,31,34). The Kier molecular flexibility index (Phi) is 5.48. The van der Waals surface area contributed by atoms with Gasteiger partial charge in [-0.2, -0.15) is 0 Å². The van der Waals surface area contributed by atoms with Crippen molar-refractivity contribution >= 4 is 23.6 Å². The summed E-state index contributed by atoms with van der Waals surface area (Å²) < 4.78 is 0. The molecule has 5 nitrogen and oxygen atoms in total. The fourth-order valence-corrected chi connectivity index (χ4v) is 6.75. The third-order valence-corrected chi connectivity index (χ3v) is 8.17. The molecule has 3 aliphatic rings. The fraction of sp³-hybridized carbons (Fsp3) is 0.300. The zero-order chi connectivity index (χ0) is 23.8. The second kappa shape index (κ2) is 8.81. The van der Waals surface area contributed by atoms with Crippen LogP contribution in [0.5, 0.6) is 0 Å². The van der Waals surface area contributed by atoms with Gasteiger partial charge in [0.2, 0.25) is 0 Å². The lowest BCUT2D eigenvalue weighted by molar-refractivity contribution is -0.126. The van der Waals surface area contributed by atoms with Crippen LogP contribution in [0.4, 0.5) is 0 Å². The molecule has 1 aliphatic heterocycles. The van der Waals surface area contributed by atoms with Gasteiger partial charge in [-0.1, -0.05) is 60.7 Å². The van der Waals surface area contributed by atoms with Crippen molar-refractivity contribution in [1.29, 1.82) is 0 Å². The number of aliphatic imine (C=N–C) groups is 1. The minimum absolute atomic E-state index is 0.0857. The Morgan fingerprint density at radius 3 is 2.63 bits per heavy atom. The maximum Gasteiger partial charge on any atom is 0.135 e. The molecule has 2 aromatic carbocycles. The molecule has 5 unspecified atom stereocenters. The van der Waals surface area contributed by atoms with E-state index in [1.165, 1.54) is 16.0 Å². The van der Waals surface area contributed by atoms with E-state index in [4.69, 9.17) is 4.99 Å². The first-order valence-corrected chi connectivity index (χ1v) is 12.5. The van der Waals surface area contributed by atoms with Crippen LogP contribution in [0.2, 0.25) is 0 Å². The fourth-order valence-electron chi connectivity index (χ4n) is 6.75. The van der Waals surface area contributed by atoms with Gasteiger partial charge >= 0.3 is 0 Å². The maximum absolute atomic E-state index is 13.4. The van der Waals surface area contributed by atoms with Crippen molar-refractivity contribution in [3.63, 3.8) is 0 Å². The van der Waals surface area contributed by atoms with Crippen molar-refractivity contribution < 1.29 is 4.79 Å². The van der Waals surface area contributed by atoms with Crippen molar-refractivity contribution in [3.8, 4) is 0 Å². The molecule has 1 fully saturated rings. The summed E-state index contributed by atoms with van der Waals surface area (Å²) in [5, 5.41) is 6.05. The van der Waals surface area contributed by atoms with Gasteiger partial charge in [-0.25, -0.2) is 4.98 Å². The van der Waals surface area contributed by atoms with E-state index >= 15 is 0 Å². The van der Waals surface area contributed by atoms with Gasteiger partial charge in [0.15, 0.2) is 0 Å². The van der Waals surface area contributed by atoms with Crippen molar-refractivity contribution in [2.24, 2.45) is 28.2 Å². The summed E-state index contributed by atoms with van der Waals surface area (Å²) in [7, 11) is 0. The average molecular weight is 463 g/mol. The Morgan fingerprint density at radius 1 is 1.06 bits per heavy atom. The van der Waals surface area contributed by atoms with Crippen molar-refractivity contribution in [3.05, 3.63) is 101 Å². The van der Waals surface area contributed by atoms with Crippen LogP contribution in [-0.4, -0.2) is 27.5 Å². The normalized spacial score (nSPS) is 28.7. The predicted molar refractivity (Wildman–Crippen MR) is 139 cm³/mol. The van der Waals surface area contributed by atoms with E-state index in [1.807, 2.05) is 24.7 Å². The highest BCUT2D eigenvalue weighted by molar-refractivity contribution is 6.19. The predicted octanol–water partition coefficient (Wildman–Crippen LogP) is 3.18. The third-order valence-electron chi connectivity index (χ3n) is 8.17. The number of nitrogens with zero attached hydrogens (tertiary/aromatic N) is 2. The van der Waals surface area contributed by atoms with Gasteiger partial charge in [-0.05, 0) is 60.1 Å². The number of hydrogen-bond donors (Lipinski definition) is 2. The number of fused-ring (bicyclic) bond motifs is 1. The third kappa shape index (κ3) is 3.75. The van der Waals surface area contributed by atoms with Crippen LogP contribution in [0.1, 0.15) is 24.6 Å². The summed E-state index contributed by atoms with van der Waals surface area (Å²) in [5.74, 6) is 0.582. The Labute approximate surface area is 205 Å². The number of carbonyl (C=O) groups is 1. The van der Waals surface area contributed by atoms with Crippen LogP contribution < -0.4 is 15.8 Å². The molecule has 0 radical (unpaired) electrons. The number of H-pyrrole nitrogens is 1. The molecule has 0 bridgehead atoms. The highest BCUT2D eigenvalue weighted by Gasteiger charge is 2.57. The Balaban J connectivity index is 1.54. The van der Waals surface area contributed by atoms with Gasteiger partial charge in [-0.3, -0.25) is 9.79 Å². The Hall–Kier alpha value is -3.73. The van der Waals surface area contributed by atoms with E-state index in [2.05, 4.69) is 76.0 Å². The van der Waals surface area contributed by atoms with Gasteiger partial charge in [0.25, 0.3) is 0 Å². The zero-order valence-electron chi connectivity index (χ0n) is 19.9. The number of imidazole rings is 1. The first-order chi connectivity index (χ1) is 17.1. The smallest absolute Gasteiger partial charge is 0.135 e. The molecule has 6 rings (SSSR count). The SMILES string of the molecule is CC(=O)C1C(Cc2ccccc2)CC(Cc2cnc[nH]2)C23C=c4ccccc4=CC2=NC=CNC13. The van der Waals surface area contributed by atoms with Gasteiger partial charge in [0, 0.05) is 30.2 Å². The molecular formula is C30H30N4O. The molecule has 1 saturated carbocycles. The van der Waals surface area contributed by atoms with E-state index in [0.717, 1.165) is 30.7 Å². The molecule has 35 heavy (non-hydrogen) atoms. The summed E-state index contributed by atoms with van der Waals surface area (Å²) in [4.78, 5) is 25.9. The molecule has 5 atom stereocenters. The quantitative estimate of drug-likeness (QED) is 0.612.